The fourth-order valence-electron chi connectivity index (χ4n) is 4.24. The Bertz CT molecular complexity index is 501. The number of likely N-dealkylation sites (tertiary alicyclic amines) is 1. The normalized spacial score (nSPS) is 37.8. The van der Waals surface area contributed by atoms with Crippen molar-refractivity contribution in [3.63, 3.8) is 0 Å². The van der Waals surface area contributed by atoms with Crippen molar-refractivity contribution in [1.29, 1.82) is 0 Å². The molecule has 2 heterocycles. The Hall–Kier alpha value is -1.22. The topological polar surface area (TPSA) is 32.7 Å². The number of benzene rings is 1. The van der Waals surface area contributed by atoms with E-state index in [1.165, 1.54) is 18.4 Å². The number of nitrogens with zero attached hydrogens (tertiary/aromatic N) is 1. The highest BCUT2D eigenvalue weighted by Gasteiger charge is 2.55. The number of fused-ring (bicyclic) bond motifs is 2. The zero-order valence-electron chi connectivity index (χ0n) is 10.7. The van der Waals surface area contributed by atoms with E-state index in [1.54, 1.807) is 6.07 Å². The number of para-hydroxylation sites is 1. The Morgan fingerprint density at radius 2 is 2.28 bits per heavy atom. The number of ether oxygens (including phenoxy) is 1. The van der Waals surface area contributed by atoms with Gasteiger partial charge in [-0.25, -0.2) is 0 Å². The number of hydrogen-bond donors (Lipinski definition) is 1. The molecule has 1 aliphatic carbocycles. The van der Waals surface area contributed by atoms with Gasteiger partial charge in [-0.05, 0) is 45.3 Å². The maximum absolute atomic E-state index is 9.99. The van der Waals surface area contributed by atoms with E-state index in [1.807, 2.05) is 6.07 Å². The van der Waals surface area contributed by atoms with E-state index in [9.17, 15) is 5.11 Å². The lowest BCUT2D eigenvalue weighted by atomic mass is 9.63. The van der Waals surface area contributed by atoms with Crippen LogP contribution in [0.15, 0.2) is 18.2 Å². The molecule has 3 heteroatoms. The minimum Gasteiger partial charge on any atom is -0.504 e. The highest BCUT2D eigenvalue weighted by molar-refractivity contribution is 5.54. The summed E-state index contributed by atoms with van der Waals surface area (Å²) in [6.07, 6.45) is 4.96. The van der Waals surface area contributed by atoms with Gasteiger partial charge in [0.25, 0.3) is 0 Å². The molecule has 0 radical (unpaired) electrons. The van der Waals surface area contributed by atoms with Gasteiger partial charge in [-0.3, -0.25) is 0 Å². The van der Waals surface area contributed by atoms with Crippen molar-refractivity contribution in [2.24, 2.45) is 0 Å². The van der Waals surface area contributed by atoms with Crippen molar-refractivity contribution < 1.29 is 9.84 Å². The van der Waals surface area contributed by atoms with Crippen LogP contribution >= 0.6 is 0 Å². The highest BCUT2D eigenvalue weighted by atomic mass is 16.5. The Labute approximate surface area is 107 Å². The van der Waals surface area contributed by atoms with Crippen molar-refractivity contribution in [3.05, 3.63) is 23.8 Å². The second kappa shape index (κ2) is 3.41. The molecule has 18 heavy (non-hydrogen) atoms. The summed E-state index contributed by atoms with van der Waals surface area (Å²) in [6.45, 7) is 1.14. The molecule has 1 saturated heterocycles. The van der Waals surface area contributed by atoms with E-state index >= 15 is 0 Å². The van der Waals surface area contributed by atoms with Crippen molar-refractivity contribution in [1.82, 2.24) is 4.90 Å². The summed E-state index contributed by atoms with van der Waals surface area (Å²) in [5, 5.41) is 9.99. The molecule has 1 spiro atoms. The average molecular weight is 245 g/mol. The minimum atomic E-state index is 0.170. The van der Waals surface area contributed by atoms with Crippen LogP contribution in [0.3, 0.4) is 0 Å². The Morgan fingerprint density at radius 3 is 3.17 bits per heavy atom. The summed E-state index contributed by atoms with van der Waals surface area (Å²) in [7, 11) is 2.23. The van der Waals surface area contributed by atoms with Gasteiger partial charge in [-0.2, -0.15) is 0 Å². The molecule has 1 saturated carbocycles. The molecule has 1 aromatic rings. The van der Waals surface area contributed by atoms with Crippen LogP contribution in [0.5, 0.6) is 11.5 Å². The second-order valence-electron chi connectivity index (χ2n) is 6.08. The lowest BCUT2D eigenvalue weighted by Crippen LogP contribution is -2.55. The third-order valence-corrected chi connectivity index (χ3v) is 5.30. The Balaban J connectivity index is 1.84. The number of rotatable bonds is 0. The molecular weight excluding hydrogens is 226 g/mol. The first kappa shape index (κ1) is 10.7. The molecule has 1 N–H and O–H groups in total. The van der Waals surface area contributed by atoms with Crippen LogP contribution in [0.1, 0.15) is 31.2 Å². The van der Waals surface area contributed by atoms with Gasteiger partial charge in [0, 0.05) is 17.0 Å². The molecule has 4 rings (SSSR count). The molecule has 0 aromatic heterocycles. The molecule has 1 unspecified atom stereocenters. The maximum Gasteiger partial charge on any atom is 0.165 e. The zero-order valence-corrected chi connectivity index (χ0v) is 10.7. The maximum atomic E-state index is 9.99. The van der Waals surface area contributed by atoms with E-state index in [0.717, 1.165) is 25.1 Å². The summed E-state index contributed by atoms with van der Waals surface area (Å²) < 4.78 is 6.08. The van der Waals surface area contributed by atoms with Gasteiger partial charge in [-0.15, -0.1) is 0 Å². The van der Waals surface area contributed by atoms with Gasteiger partial charge in [0.1, 0.15) is 6.10 Å². The van der Waals surface area contributed by atoms with Crippen LogP contribution in [0.2, 0.25) is 0 Å². The fraction of sp³-hybridized carbons (Fsp3) is 0.600. The van der Waals surface area contributed by atoms with Gasteiger partial charge < -0.3 is 14.7 Å². The third-order valence-electron chi connectivity index (χ3n) is 5.30. The summed E-state index contributed by atoms with van der Waals surface area (Å²) in [5.41, 5.74) is 1.43. The molecule has 0 amide bonds. The Morgan fingerprint density at radius 1 is 1.39 bits per heavy atom. The van der Waals surface area contributed by atoms with E-state index in [-0.39, 0.29) is 11.5 Å². The lowest BCUT2D eigenvalue weighted by Gasteiger charge is -2.49. The van der Waals surface area contributed by atoms with E-state index < -0.39 is 0 Å². The SMILES string of the molecule is CN1CC[C@@]23CC1CC[C@@H]2Oc1c(O)cccc13. The fourth-order valence-corrected chi connectivity index (χ4v) is 4.24. The standard InChI is InChI=1S/C15H19NO2/c1-16-8-7-15-9-10(16)5-6-13(15)18-14-11(15)3-2-4-12(14)17/h2-4,10,13,17H,5-9H2,1H3/t10?,13-,15-/m0/s1. The summed E-state index contributed by atoms with van der Waals surface area (Å²) in [4.78, 5) is 2.49. The van der Waals surface area contributed by atoms with Gasteiger partial charge in [0.05, 0.1) is 0 Å². The van der Waals surface area contributed by atoms with Crippen LogP contribution < -0.4 is 4.74 Å². The summed E-state index contributed by atoms with van der Waals surface area (Å²) in [6, 6.07) is 6.53. The van der Waals surface area contributed by atoms with Crippen LogP contribution in [0, 0.1) is 0 Å². The minimum absolute atomic E-state index is 0.170. The largest absolute Gasteiger partial charge is 0.504 e. The number of phenolic OH excluding ortho intramolecular Hbond substituents is 1. The van der Waals surface area contributed by atoms with Crippen molar-refractivity contribution in [2.75, 3.05) is 13.6 Å². The molecule has 2 aliphatic heterocycles. The van der Waals surface area contributed by atoms with Crippen LogP contribution in [0.25, 0.3) is 0 Å². The van der Waals surface area contributed by atoms with Crippen molar-refractivity contribution >= 4 is 0 Å². The predicted molar refractivity (Wildman–Crippen MR) is 69.1 cm³/mol. The van der Waals surface area contributed by atoms with E-state index in [4.69, 9.17) is 4.74 Å². The quantitative estimate of drug-likeness (QED) is 0.761. The van der Waals surface area contributed by atoms with Crippen LogP contribution in [0.4, 0.5) is 0 Å². The molecule has 3 atom stereocenters. The van der Waals surface area contributed by atoms with E-state index in [0.29, 0.717) is 11.8 Å². The first-order valence-corrected chi connectivity index (χ1v) is 6.90. The monoisotopic (exact) mass is 245 g/mol. The zero-order chi connectivity index (χ0) is 12.3. The Kier molecular flexibility index (Phi) is 2.03. The first-order chi connectivity index (χ1) is 8.71. The summed E-state index contributed by atoms with van der Waals surface area (Å²) in [5.74, 6) is 1.07. The van der Waals surface area contributed by atoms with Gasteiger partial charge in [0.15, 0.2) is 11.5 Å². The molecule has 3 aliphatic rings. The first-order valence-electron chi connectivity index (χ1n) is 6.90. The predicted octanol–water partition coefficient (Wildman–Crippen LogP) is 2.28. The number of aromatic hydroxyl groups is 1. The number of phenols is 1. The van der Waals surface area contributed by atoms with Gasteiger partial charge >= 0.3 is 0 Å². The summed E-state index contributed by atoms with van der Waals surface area (Å²) >= 11 is 0. The molecule has 2 fully saturated rings. The average Bonchev–Trinajstić information content (AvgIpc) is 2.70. The highest BCUT2D eigenvalue weighted by Crippen LogP contribution is 2.56. The van der Waals surface area contributed by atoms with E-state index in [2.05, 4.69) is 18.0 Å². The van der Waals surface area contributed by atoms with Crippen molar-refractivity contribution in [3.8, 4) is 11.5 Å². The number of piperidine rings is 1. The molecule has 3 nitrogen and oxygen atoms in total. The van der Waals surface area contributed by atoms with Crippen LogP contribution in [-0.4, -0.2) is 35.7 Å². The molecular formula is C15H19NO2. The van der Waals surface area contributed by atoms with Crippen molar-refractivity contribution in [2.45, 2.75) is 43.2 Å². The molecule has 2 bridgehead atoms. The second-order valence-corrected chi connectivity index (χ2v) is 6.08. The van der Waals surface area contributed by atoms with Gasteiger partial charge in [-0.1, -0.05) is 12.1 Å². The smallest absolute Gasteiger partial charge is 0.165 e. The molecule has 96 valence electrons. The van der Waals surface area contributed by atoms with Crippen LogP contribution in [-0.2, 0) is 5.41 Å². The third kappa shape index (κ3) is 1.18. The number of hydrogen-bond acceptors (Lipinski definition) is 3. The molecule has 1 aromatic carbocycles. The lowest BCUT2D eigenvalue weighted by molar-refractivity contribution is 0.00443. The van der Waals surface area contributed by atoms with Gasteiger partial charge in [0.2, 0.25) is 0 Å².